The van der Waals surface area contributed by atoms with Crippen LogP contribution in [-0.4, -0.2) is 49.0 Å². The number of carbonyl (C=O) groups is 1. The summed E-state index contributed by atoms with van der Waals surface area (Å²) in [6.45, 7) is 2.53. The number of ether oxygens (including phenoxy) is 2. The van der Waals surface area contributed by atoms with Crippen molar-refractivity contribution in [3.05, 3.63) is 83.4 Å². The lowest BCUT2D eigenvalue weighted by Crippen LogP contribution is -2.18. The smallest absolute Gasteiger partial charge is 0.254 e. The molecule has 1 heterocycles. The third-order valence-corrected chi connectivity index (χ3v) is 5.86. The molecule has 36 heavy (non-hydrogen) atoms. The highest BCUT2D eigenvalue weighted by Gasteiger charge is 2.18. The van der Waals surface area contributed by atoms with Crippen molar-refractivity contribution in [2.75, 3.05) is 38.5 Å². The van der Waals surface area contributed by atoms with Crippen molar-refractivity contribution in [3.63, 3.8) is 0 Å². The molecule has 186 valence electrons. The van der Waals surface area contributed by atoms with Crippen LogP contribution in [0.3, 0.4) is 0 Å². The van der Waals surface area contributed by atoms with Crippen LogP contribution >= 0.6 is 0 Å². The molecule has 1 N–H and O–H groups in total. The molecular weight excluding hydrogens is 454 g/mol. The molecule has 8 heteroatoms. The Balaban J connectivity index is 1.60. The summed E-state index contributed by atoms with van der Waals surface area (Å²) in [5.74, 6) is 1.85. The van der Waals surface area contributed by atoms with Crippen LogP contribution in [0.4, 0.5) is 11.6 Å². The van der Waals surface area contributed by atoms with Gasteiger partial charge in [-0.05, 0) is 42.3 Å². The third-order valence-electron chi connectivity index (χ3n) is 5.86. The molecule has 0 amide bonds. The van der Waals surface area contributed by atoms with Gasteiger partial charge in [0.15, 0.2) is 17.3 Å². The Hall–Kier alpha value is -4.33. The Morgan fingerprint density at radius 2 is 1.58 bits per heavy atom. The van der Waals surface area contributed by atoms with Crippen LogP contribution in [0.2, 0.25) is 0 Å². The van der Waals surface area contributed by atoms with Crippen molar-refractivity contribution in [1.82, 2.24) is 14.8 Å². The Kier molecular flexibility index (Phi) is 7.53. The first-order valence-corrected chi connectivity index (χ1v) is 11.7. The molecule has 4 aromatic rings. The zero-order valence-electron chi connectivity index (χ0n) is 21.3. The summed E-state index contributed by atoms with van der Waals surface area (Å²) >= 11 is 0. The minimum atomic E-state index is -0.210. The molecule has 0 aliphatic heterocycles. The fourth-order valence-electron chi connectivity index (χ4n) is 3.76. The van der Waals surface area contributed by atoms with E-state index in [1.165, 1.54) is 4.68 Å². The average molecular weight is 486 g/mol. The first-order chi connectivity index (χ1) is 17.4. The molecule has 0 spiro atoms. The molecule has 0 saturated heterocycles. The van der Waals surface area contributed by atoms with Gasteiger partial charge < -0.3 is 19.7 Å². The Morgan fingerprint density at radius 3 is 2.22 bits per heavy atom. The zero-order valence-corrected chi connectivity index (χ0v) is 21.3. The van der Waals surface area contributed by atoms with Crippen LogP contribution in [-0.2, 0) is 13.0 Å². The summed E-state index contributed by atoms with van der Waals surface area (Å²) in [7, 11) is 7.16. The molecular formula is C28H31N5O3. The van der Waals surface area contributed by atoms with Gasteiger partial charge in [0.25, 0.3) is 5.91 Å². The van der Waals surface area contributed by atoms with Crippen molar-refractivity contribution < 1.29 is 14.3 Å². The molecule has 4 rings (SSSR count). The number of aromatic nitrogens is 3. The zero-order chi connectivity index (χ0) is 25.7. The van der Waals surface area contributed by atoms with Gasteiger partial charge in [-0.15, -0.1) is 5.10 Å². The van der Waals surface area contributed by atoms with E-state index in [0.29, 0.717) is 29.8 Å². The van der Waals surface area contributed by atoms with Gasteiger partial charge in [-0.1, -0.05) is 48.0 Å². The SMILES string of the molecule is COc1ccc(CC(=O)n2nc(-c3ccc(C)cc3)nc2NCc2ccc(N(C)C)cc2)cc1OC. The molecule has 3 aromatic carbocycles. The Morgan fingerprint density at radius 1 is 0.917 bits per heavy atom. The van der Waals surface area contributed by atoms with Crippen LogP contribution in [0.1, 0.15) is 21.5 Å². The van der Waals surface area contributed by atoms with Crippen LogP contribution in [0, 0.1) is 6.92 Å². The fraction of sp³-hybridized carbons (Fsp3) is 0.250. The van der Waals surface area contributed by atoms with Crippen molar-refractivity contribution in [2.24, 2.45) is 0 Å². The number of carbonyl (C=O) groups excluding carboxylic acids is 1. The molecule has 0 fully saturated rings. The van der Waals surface area contributed by atoms with Gasteiger partial charge in [-0.25, -0.2) is 0 Å². The number of aryl methyl sites for hydroxylation is 1. The van der Waals surface area contributed by atoms with E-state index in [2.05, 4.69) is 44.6 Å². The topological polar surface area (TPSA) is 81.5 Å². The molecule has 8 nitrogen and oxygen atoms in total. The molecule has 0 radical (unpaired) electrons. The molecule has 0 aliphatic rings. The van der Waals surface area contributed by atoms with Crippen LogP contribution in [0.5, 0.6) is 11.5 Å². The standard InChI is InChI=1S/C28H31N5O3/c1-19-6-11-22(12-7-19)27-30-28(29-18-20-8-13-23(14-9-20)32(2)3)33(31-27)26(34)17-21-10-15-24(35-4)25(16-21)36-5/h6-16H,17-18H2,1-5H3,(H,29,30,31). The normalized spacial score (nSPS) is 10.7. The highest BCUT2D eigenvalue weighted by molar-refractivity contribution is 5.83. The predicted octanol–water partition coefficient (Wildman–Crippen LogP) is 4.83. The molecule has 0 saturated carbocycles. The summed E-state index contributed by atoms with van der Waals surface area (Å²) in [6.07, 6.45) is 0.128. The number of nitrogens with zero attached hydrogens (tertiary/aromatic N) is 4. The lowest BCUT2D eigenvalue weighted by molar-refractivity contribution is 0.0901. The summed E-state index contributed by atoms with van der Waals surface area (Å²) in [5, 5.41) is 7.86. The maximum Gasteiger partial charge on any atom is 0.254 e. The van der Waals surface area contributed by atoms with E-state index >= 15 is 0 Å². The number of hydrogen-bond donors (Lipinski definition) is 1. The molecule has 1 aromatic heterocycles. The van der Waals surface area contributed by atoms with E-state index in [1.807, 2.05) is 51.4 Å². The minimum absolute atomic E-state index is 0.128. The van der Waals surface area contributed by atoms with E-state index in [-0.39, 0.29) is 12.3 Å². The van der Waals surface area contributed by atoms with Gasteiger partial charge in [-0.2, -0.15) is 9.67 Å². The van der Waals surface area contributed by atoms with E-state index in [1.54, 1.807) is 26.4 Å². The van der Waals surface area contributed by atoms with Crippen molar-refractivity contribution in [3.8, 4) is 22.9 Å². The maximum absolute atomic E-state index is 13.4. The lowest BCUT2D eigenvalue weighted by atomic mass is 10.1. The van der Waals surface area contributed by atoms with Crippen molar-refractivity contribution in [2.45, 2.75) is 19.9 Å². The second-order valence-electron chi connectivity index (χ2n) is 8.71. The summed E-state index contributed by atoms with van der Waals surface area (Å²) in [6, 6.07) is 21.6. The number of hydrogen-bond acceptors (Lipinski definition) is 7. The molecule has 0 atom stereocenters. The first-order valence-electron chi connectivity index (χ1n) is 11.7. The number of methoxy groups -OCH3 is 2. The third kappa shape index (κ3) is 5.66. The second-order valence-corrected chi connectivity index (χ2v) is 8.71. The molecule has 0 unspecified atom stereocenters. The van der Waals surface area contributed by atoms with Crippen LogP contribution in [0.25, 0.3) is 11.4 Å². The van der Waals surface area contributed by atoms with Gasteiger partial charge >= 0.3 is 0 Å². The average Bonchev–Trinajstić information content (AvgIpc) is 3.32. The number of anilines is 2. The van der Waals surface area contributed by atoms with E-state index in [4.69, 9.17) is 9.47 Å². The number of rotatable bonds is 9. The highest BCUT2D eigenvalue weighted by Crippen LogP contribution is 2.28. The Labute approximate surface area is 211 Å². The first kappa shape index (κ1) is 24.8. The van der Waals surface area contributed by atoms with E-state index < -0.39 is 0 Å². The molecule has 0 aliphatic carbocycles. The molecule has 0 bridgehead atoms. The monoisotopic (exact) mass is 485 g/mol. The Bertz CT molecular complexity index is 1330. The van der Waals surface area contributed by atoms with Crippen LogP contribution < -0.4 is 19.7 Å². The highest BCUT2D eigenvalue weighted by atomic mass is 16.5. The largest absolute Gasteiger partial charge is 0.493 e. The van der Waals surface area contributed by atoms with Gasteiger partial charge in [0.05, 0.1) is 20.6 Å². The summed E-state index contributed by atoms with van der Waals surface area (Å²) in [5.41, 5.74) is 4.96. The lowest BCUT2D eigenvalue weighted by Gasteiger charge is -2.13. The van der Waals surface area contributed by atoms with Crippen molar-refractivity contribution >= 4 is 17.5 Å². The minimum Gasteiger partial charge on any atom is -0.493 e. The van der Waals surface area contributed by atoms with Crippen molar-refractivity contribution in [1.29, 1.82) is 0 Å². The van der Waals surface area contributed by atoms with Gasteiger partial charge in [0.1, 0.15) is 0 Å². The maximum atomic E-state index is 13.4. The quantitative estimate of drug-likeness (QED) is 0.364. The predicted molar refractivity (Wildman–Crippen MR) is 142 cm³/mol. The van der Waals surface area contributed by atoms with Gasteiger partial charge in [-0.3, -0.25) is 4.79 Å². The number of benzene rings is 3. The number of nitrogens with one attached hydrogen (secondary N) is 1. The van der Waals surface area contributed by atoms with Gasteiger partial charge in [0, 0.05) is 31.9 Å². The summed E-state index contributed by atoms with van der Waals surface area (Å²) < 4.78 is 12.0. The fourth-order valence-corrected chi connectivity index (χ4v) is 3.76. The van der Waals surface area contributed by atoms with Crippen LogP contribution in [0.15, 0.2) is 66.7 Å². The van der Waals surface area contributed by atoms with Gasteiger partial charge in [0.2, 0.25) is 5.95 Å². The summed E-state index contributed by atoms with van der Waals surface area (Å²) in [4.78, 5) is 20.1. The van der Waals surface area contributed by atoms with E-state index in [9.17, 15) is 4.79 Å². The van der Waals surface area contributed by atoms with E-state index in [0.717, 1.165) is 27.9 Å². The second kappa shape index (κ2) is 10.9.